The highest BCUT2D eigenvalue weighted by molar-refractivity contribution is 6.16. The summed E-state index contributed by atoms with van der Waals surface area (Å²) < 4.78 is 0. The van der Waals surface area contributed by atoms with E-state index in [1.807, 2.05) is 42.5 Å². The lowest BCUT2D eigenvalue weighted by Gasteiger charge is -2.09. The first-order valence-corrected chi connectivity index (χ1v) is 7.13. The molecule has 22 heavy (non-hydrogen) atoms. The second-order valence-electron chi connectivity index (χ2n) is 5.16. The van der Waals surface area contributed by atoms with E-state index in [0.717, 1.165) is 33.7 Å². The maximum absolute atomic E-state index is 6.29. The molecule has 0 saturated heterocycles. The zero-order chi connectivity index (χ0) is 14.9. The van der Waals surface area contributed by atoms with Gasteiger partial charge in [-0.1, -0.05) is 54.6 Å². The van der Waals surface area contributed by atoms with Crippen molar-refractivity contribution in [3.8, 4) is 11.3 Å². The molecule has 2 aromatic carbocycles. The summed E-state index contributed by atoms with van der Waals surface area (Å²) in [5.74, 6) is 0. The Morgan fingerprint density at radius 2 is 1.59 bits per heavy atom. The third-order valence-corrected chi connectivity index (χ3v) is 3.81. The van der Waals surface area contributed by atoms with Crippen LogP contribution in [-0.2, 0) is 0 Å². The minimum Gasteiger partial charge on any atom is -0.306 e. The normalized spacial score (nSPS) is 16.2. The van der Waals surface area contributed by atoms with Gasteiger partial charge < -0.3 is 5.73 Å². The average Bonchev–Trinajstić information content (AvgIpc) is 2.72. The summed E-state index contributed by atoms with van der Waals surface area (Å²) >= 11 is 0. The quantitative estimate of drug-likeness (QED) is 0.748. The molecule has 0 radical (unpaired) electrons. The smallest absolute Gasteiger partial charge is 0.127 e. The summed E-state index contributed by atoms with van der Waals surface area (Å²) in [4.78, 5) is 13.3. The molecule has 0 amide bonds. The van der Waals surface area contributed by atoms with Crippen LogP contribution < -0.4 is 5.73 Å². The Balaban J connectivity index is 2.03. The molecule has 3 aromatic rings. The fourth-order valence-electron chi connectivity index (χ4n) is 2.78. The predicted octanol–water partition coefficient (Wildman–Crippen LogP) is 2.95. The number of benzene rings is 2. The number of aromatic nitrogens is 2. The van der Waals surface area contributed by atoms with Crippen molar-refractivity contribution in [3.63, 3.8) is 0 Å². The average molecular weight is 286 g/mol. The van der Waals surface area contributed by atoms with Crippen LogP contribution in [0.1, 0.15) is 22.9 Å². The van der Waals surface area contributed by atoms with Crippen LogP contribution in [0.5, 0.6) is 0 Å². The molecule has 4 rings (SSSR count). The van der Waals surface area contributed by atoms with E-state index in [-0.39, 0.29) is 0 Å². The lowest BCUT2D eigenvalue weighted by Crippen LogP contribution is -2.11. The van der Waals surface area contributed by atoms with Crippen LogP contribution in [0.25, 0.3) is 11.3 Å². The van der Waals surface area contributed by atoms with E-state index >= 15 is 0 Å². The van der Waals surface area contributed by atoms with Gasteiger partial charge in [0.2, 0.25) is 0 Å². The molecular formula is C18H14N4. The Hall–Kier alpha value is -2.85. The van der Waals surface area contributed by atoms with Gasteiger partial charge in [0.25, 0.3) is 0 Å². The Bertz CT molecular complexity index is 856. The van der Waals surface area contributed by atoms with Crippen molar-refractivity contribution in [3.05, 3.63) is 83.8 Å². The summed E-state index contributed by atoms with van der Waals surface area (Å²) in [6.45, 7) is 0. The molecule has 4 nitrogen and oxygen atoms in total. The number of nitrogens with two attached hydrogens (primary N) is 1. The molecule has 0 bridgehead atoms. The van der Waals surface area contributed by atoms with Crippen molar-refractivity contribution < 1.29 is 0 Å². The standard InChI is InChI=1S/C18H14N4/c19-18-15-10-20-11-21-17(15)14-9-5-4-8-13(14)16(22-18)12-6-2-1-3-7-12/h1-11,18H,19H2/t18-/m1/s1. The first-order chi connectivity index (χ1) is 10.8. The maximum Gasteiger partial charge on any atom is 0.127 e. The number of hydrogen-bond acceptors (Lipinski definition) is 4. The third kappa shape index (κ3) is 2.01. The molecule has 1 aliphatic heterocycles. The van der Waals surface area contributed by atoms with E-state index in [9.17, 15) is 0 Å². The van der Waals surface area contributed by atoms with E-state index in [4.69, 9.17) is 10.7 Å². The summed E-state index contributed by atoms with van der Waals surface area (Å²) in [6, 6.07) is 18.2. The van der Waals surface area contributed by atoms with Gasteiger partial charge >= 0.3 is 0 Å². The highest BCUT2D eigenvalue weighted by Crippen LogP contribution is 2.33. The van der Waals surface area contributed by atoms with Crippen LogP contribution in [0, 0.1) is 0 Å². The van der Waals surface area contributed by atoms with Crippen LogP contribution in [0.15, 0.2) is 72.1 Å². The molecule has 1 atom stereocenters. The van der Waals surface area contributed by atoms with Gasteiger partial charge in [-0.25, -0.2) is 9.97 Å². The van der Waals surface area contributed by atoms with Gasteiger partial charge in [0.05, 0.1) is 11.4 Å². The molecular weight excluding hydrogens is 272 g/mol. The number of aliphatic imine (C=N–C) groups is 1. The Morgan fingerprint density at radius 1 is 0.864 bits per heavy atom. The van der Waals surface area contributed by atoms with Crippen molar-refractivity contribution in [2.45, 2.75) is 6.17 Å². The van der Waals surface area contributed by atoms with Crippen LogP contribution in [0.3, 0.4) is 0 Å². The van der Waals surface area contributed by atoms with Crippen molar-refractivity contribution in [1.29, 1.82) is 0 Å². The lowest BCUT2D eigenvalue weighted by atomic mass is 9.95. The van der Waals surface area contributed by atoms with E-state index in [1.165, 1.54) is 0 Å². The first kappa shape index (κ1) is 12.9. The van der Waals surface area contributed by atoms with E-state index in [2.05, 4.69) is 22.1 Å². The van der Waals surface area contributed by atoms with Gasteiger partial charge in [-0.05, 0) is 0 Å². The van der Waals surface area contributed by atoms with Gasteiger partial charge in [-0.2, -0.15) is 0 Å². The second-order valence-corrected chi connectivity index (χ2v) is 5.16. The third-order valence-electron chi connectivity index (χ3n) is 3.81. The van der Waals surface area contributed by atoms with Crippen LogP contribution in [-0.4, -0.2) is 15.7 Å². The molecule has 1 aliphatic rings. The highest BCUT2D eigenvalue weighted by Gasteiger charge is 2.23. The molecule has 0 unspecified atom stereocenters. The monoisotopic (exact) mass is 286 g/mol. The minimum absolute atomic E-state index is 0.473. The number of nitrogens with zero attached hydrogens (tertiary/aromatic N) is 3. The van der Waals surface area contributed by atoms with Crippen molar-refractivity contribution in [1.82, 2.24) is 9.97 Å². The van der Waals surface area contributed by atoms with Crippen LogP contribution >= 0.6 is 0 Å². The van der Waals surface area contributed by atoms with Crippen molar-refractivity contribution in [2.24, 2.45) is 10.7 Å². The molecule has 0 saturated carbocycles. The van der Waals surface area contributed by atoms with Gasteiger partial charge in [-0.3, -0.25) is 4.99 Å². The molecule has 1 aromatic heterocycles. The van der Waals surface area contributed by atoms with Crippen LogP contribution in [0.2, 0.25) is 0 Å². The number of rotatable bonds is 1. The minimum atomic E-state index is -0.473. The van der Waals surface area contributed by atoms with E-state index in [0.29, 0.717) is 0 Å². The molecule has 106 valence electrons. The molecule has 4 heteroatoms. The fourth-order valence-corrected chi connectivity index (χ4v) is 2.78. The lowest BCUT2D eigenvalue weighted by molar-refractivity contribution is 0.770. The SMILES string of the molecule is N[C@@H]1N=C(c2ccccc2)c2ccccc2-c2ncncc21. The van der Waals surface area contributed by atoms with Gasteiger partial charge in [-0.15, -0.1) is 0 Å². The van der Waals surface area contributed by atoms with Crippen LogP contribution in [0.4, 0.5) is 0 Å². The zero-order valence-electron chi connectivity index (χ0n) is 11.8. The zero-order valence-corrected chi connectivity index (χ0v) is 11.8. The Morgan fingerprint density at radius 3 is 2.41 bits per heavy atom. The van der Waals surface area contributed by atoms with E-state index in [1.54, 1.807) is 12.5 Å². The van der Waals surface area contributed by atoms with Gasteiger partial charge in [0.15, 0.2) is 0 Å². The van der Waals surface area contributed by atoms with E-state index < -0.39 is 6.17 Å². The predicted molar refractivity (Wildman–Crippen MR) is 86.5 cm³/mol. The summed E-state index contributed by atoms with van der Waals surface area (Å²) in [5.41, 5.74) is 12.0. The molecule has 0 fully saturated rings. The summed E-state index contributed by atoms with van der Waals surface area (Å²) in [6.07, 6.45) is 2.83. The first-order valence-electron chi connectivity index (χ1n) is 7.13. The van der Waals surface area contributed by atoms with Crippen molar-refractivity contribution >= 4 is 5.71 Å². The fraction of sp³-hybridized carbons (Fsp3) is 0.0556. The van der Waals surface area contributed by atoms with Gasteiger partial charge in [0.1, 0.15) is 12.5 Å². The number of hydrogen-bond donors (Lipinski definition) is 1. The molecule has 0 spiro atoms. The topological polar surface area (TPSA) is 64.2 Å². The molecule has 2 N–H and O–H groups in total. The maximum atomic E-state index is 6.29. The Labute approximate surface area is 128 Å². The molecule has 0 aliphatic carbocycles. The largest absolute Gasteiger partial charge is 0.306 e. The second kappa shape index (κ2) is 5.16. The highest BCUT2D eigenvalue weighted by atomic mass is 15.0. The molecule has 2 heterocycles. The number of fused-ring (bicyclic) bond motifs is 3. The van der Waals surface area contributed by atoms with Crippen molar-refractivity contribution in [2.75, 3.05) is 0 Å². The Kier molecular flexibility index (Phi) is 3.02. The summed E-state index contributed by atoms with van der Waals surface area (Å²) in [5, 5.41) is 0. The summed E-state index contributed by atoms with van der Waals surface area (Å²) in [7, 11) is 0. The van der Waals surface area contributed by atoms with Gasteiger partial charge in [0, 0.05) is 28.5 Å².